The largest absolute Gasteiger partial charge is 0.368 e. The van der Waals surface area contributed by atoms with Gasteiger partial charge in [-0.05, 0) is 37.3 Å². The van der Waals surface area contributed by atoms with Crippen molar-refractivity contribution in [2.24, 2.45) is 0 Å². The molecule has 1 aromatic rings. The minimum atomic E-state index is -3.51. The van der Waals surface area contributed by atoms with Crippen LogP contribution in [0.15, 0.2) is 29.2 Å². The standard InChI is InChI=1S/C17H24N2O4S/c20-17(15-8-6-12-23-15)18-13-14-7-2-3-9-16(14)24(21,22)19-10-4-1-5-11-19/h2-3,7,9,15H,1,4-6,8,10-13H2,(H,18,20)/t15-/m1/s1. The van der Waals surface area contributed by atoms with Crippen molar-refractivity contribution in [3.05, 3.63) is 29.8 Å². The lowest BCUT2D eigenvalue weighted by atomic mass is 10.2. The van der Waals surface area contributed by atoms with Gasteiger partial charge in [0.1, 0.15) is 6.10 Å². The molecule has 6 nitrogen and oxygen atoms in total. The topological polar surface area (TPSA) is 75.7 Å². The highest BCUT2D eigenvalue weighted by Crippen LogP contribution is 2.23. The van der Waals surface area contributed by atoms with Crippen LogP contribution < -0.4 is 5.32 Å². The number of ether oxygens (including phenoxy) is 1. The first kappa shape index (κ1) is 17.4. The van der Waals surface area contributed by atoms with Crippen molar-refractivity contribution in [1.29, 1.82) is 0 Å². The van der Waals surface area contributed by atoms with Crippen LogP contribution in [-0.2, 0) is 26.1 Å². The van der Waals surface area contributed by atoms with Crippen molar-refractivity contribution in [3.63, 3.8) is 0 Å². The third-order valence-corrected chi connectivity index (χ3v) is 6.58. The number of hydrogen-bond acceptors (Lipinski definition) is 4. The summed E-state index contributed by atoms with van der Waals surface area (Å²) in [5.74, 6) is -0.169. The van der Waals surface area contributed by atoms with Gasteiger partial charge in [-0.1, -0.05) is 24.6 Å². The van der Waals surface area contributed by atoms with Gasteiger partial charge in [0.2, 0.25) is 15.9 Å². The molecule has 0 saturated carbocycles. The van der Waals surface area contributed by atoms with Crippen LogP contribution in [0.1, 0.15) is 37.7 Å². The van der Waals surface area contributed by atoms with E-state index >= 15 is 0 Å². The van der Waals surface area contributed by atoms with Gasteiger partial charge in [-0.25, -0.2) is 8.42 Å². The number of nitrogens with zero attached hydrogens (tertiary/aromatic N) is 1. The predicted molar refractivity (Wildman–Crippen MR) is 89.9 cm³/mol. The number of rotatable bonds is 5. The molecule has 0 spiro atoms. The van der Waals surface area contributed by atoms with Crippen LogP contribution in [0.5, 0.6) is 0 Å². The third-order valence-electron chi connectivity index (χ3n) is 4.58. The highest BCUT2D eigenvalue weighted by Gasteiger charge is 2.28. The molecule has 0 bridgehead atoms. The second-order valence-corrected chi connectivity index (χ2v) is 8.20. The Hall–Kier alpha value is -1.44. The van der Waals surface area contributed by atoms with E-state index in [0.717, 1.165) is 32.1 Å². The molecular formula is C17H24N2O4S. The van der Waals surface area contributed by atoms with Crippen molar-refractivity contribution in [1.82, 2.24) is 9.62 Å². The zero-order valence-electron chi connectivity index (χ0n) is 13.7. The van der Waals surface area contributed by atoms with Crippen molar-refractivity contribution < 1.29 is 17.9 Å². The fraction of sp³-hybridized carbons (Fsp3) is 0.588. The molecule has 2 aliphatic rings. The monoisotopic (exact) mass is 352 g/mol. The van der Waals surface area contributed by atoms with E-state index in [1.54, 1.807) is 28.6 Å². The molecule has 7 heteroatoms. The Morgan fingerprint density at radius 2 is 1.92 bits per heavy atom. The van der Waals surface area contributed by atoms with Crippen LogP contribution in [-0.4, -0.2) is 44.4 Å². The molecule has 2 saturated heterocycles. The fourth-order valence-electron chi connectivity index (χ4n) is 3.23. The van der Waals surface area contributed by atoms with E-state index in [9.17, 15) is 13.2 Å². The van der Waals surface area contributed by atoms with Crippen molar-refractivity contribution in [3.8, 4) is 0 Å². The second kappa shape index (κ2) is 7.63. The number of nitrogens with one attached hydrogen (secondary N) is 1. The lowest BCUT2D eigenvalue weighted by Crippen LogP contribution is -2.37. The first-order chi connectivity index (χ1) is 11.6. The zero-order chi connectivity index (χ0) is 17.0. The average molecular weight is 352 g/mol. The van der Waals surface area contributed by atoms with Crippen LogP contribution in [0.3, 0.4) is 0 Å². The number of hydrogen-bond donors (Lipinski definition) is 1. The number of sulfonamides is 1. The van der Waals surface area contributed by atoms with Gasteiger partial charge < -0.3 is 10.1 Å². The Kier molecular flexibility index (Phi) is 5.53. The molecule has 2 aliphatic heterocycles. The van der Waals surface area contributed by atoms with Crippen LogP contribution in [0.2, 0.25) is 0 Å². The second-order valence-electron chi connectivity index (χ2n) is 6.29. The van der Waals surface area contributed by atoms with E-state index in [4.69, 9.17) is 4.74 Å². The summed E-state index contributed by atoms with van der Waals surface area (Å²) in [4.78, 5) is 12.4. The fourth-order valence-corrected chi connectivity index (χ4v) is 4.97. The van der Waals surface area contributed by atoms with Crippen LogP contribution >= 0.6 is 0 Å². The zero-order valence-corrected chi connectivity index (χ0v) is 14.6. The quantitative estimate of drug-likeness (QED) is 0.874. The van der Waals surface area contributed by atoms with Gasteiger partial charge in [0.15, 0.2) is 0 Å². The Morgan fingerprint density at radius 3 is 2.62 bits per heavy atom. The summed E-state index contributed by atoms with van der Waals surface area (Å²) in [6.45, 7) is 1.94. The Morgan fingerprint density at radius 1 is 1.17 bits per heavy atom. The first-order valence-corrected chi connectivity index (χ1v) is 10.0. The van der Waals surface area contributed by atoms with E-state index in [2.05, 4.69) is 5.32 Å². The van der Waals surface area contributed by atoms with E-state index in [1.807, 2.05) is 0 Å². The molecule has 2 heterocycles. The minimum absolute atomic E-state index is 0.169. The van der Waals surface area contributed by atoms with E-state index in [-0.39, 0.29) is 12.5 Å². The molecule has 0 radical (unpaired) electrons. The van der Waals surface area contributed by atoms with Gasteiger partial charge in [0.05, 0.1) is 4.90 Å². The maximum Gasteiger partial charge on any atom is 0.249 e. The molecule has 24 heavy (non-hydrogen) atoms. The summed E-state index contributed by atoms with van der Waals surface area (Å²) < 4.78 is 32.7. The Bertz CT molecular complexity index is 678. The first-order valence-electron chi connectivity index (χ1n) is 8.56. The molecule has 132 valence electrons. The highest BCUT2D eigenvalue weighted by molar-refractivity contribution is 7.89. The normalized spacial score (nSPS) is 22.4. The van der Waals surface area contributed by atoms with Gasteiger partial charge in [0, 0.05) is 26.2 Å². The number of amides is 1. The Labute approximate surface area is 143 Å². The van der Waals surface area contributed by atoms with Gasteiger partial charge in [-0.15, -0.1) is 0 Å². The number of piperidine rings is 1. The molecule has 1 atom stereocenters. The SMILES string of the molecule is O=C(NCc1ccccc1S(=O)(=O)N1CCCCC1)[C@H]1CCCO1. The summed E-state index contributed by atoms with van der Waals surface area (Å²) in [7, 11) is -3.51. The molecular weight excluding hydrogens is 328 g/mol. The maximum absolute atomic E-state index is 12.9. The molecule has 0 aliphatic carbocycles. The van der Waals surface area contributed by atoms with Crippen molar-refractivity contribution in [2.45, 2.75) is 49.6 Å². The summed E-state index contributed by atoms with van der Waals surface area (Å²) in [5.41, 5.74) is 0.620. The summed E-state index contributed by atoms with van der Waals surface area (Å²) >= 11 is 0. The van der Waals surface area contributed by atoms with Gasteiger partial charge in [-0.2, -0.15) is 4.31 Å². The van der Waals surface area contributed by atoms with Gasteiger partial charge >= 0.3 is 0 Å². The molecule has 1 aromatic carbocycles. The van der Waals surface area contributed by atoms with Crippen molar-refractivity contribution in [2.75, 3.05) is 19.7 Å². The van der Waals surface area contributed by atoms with Crippen LogP contribution in [0.4, 0.5) is 0 Å². The van der Waals surface area contributed by atoms with Crippen LogP contribution in [0.25, 0.3) is 0 Å². The molecule has 1 amide bonds. The van der Waals surface area contributed by atoms with E-state index in [0.29, 0.717) is 30.2 Å². The van der Waals surface area contributed by atoms with E-state index in [1.165, 1.54) is 0 Å². The maximum atomic E-state index is 12.9. The van der Waals surface area contributed by atoms with Gasteiger partial charge in [-0.3, -0.25) is 4.79 Å². The number of benzene rings is 1. The number of carbonyl (C=O) groups excluding carboxylic acids is 1. The van der Waals surface area contributed by atoms with Gasteiger partial charge in [0.25, 0.3) is 0 Å². The van der Waals surface area contributed by atoms with Crippen molar-refractivity contribution >= 4 is 15.9 Å². The smallest absolute Gasteiger partial charge is 0.249 e. The summed E-state index contributed by atoms with van der Waals surface area (Å²) in [6.07, 6.45) is 4.08. The highest BCUT2D eigenvalue weighted by atomic mass is 32.2. The minimum Gasteiger partial charge on any atom is -0.368 e. The van der Waals surface area contributed by atoms with Crippen LogP contribution in [0, 0.1) is 0 Å². The summed E-state index contributed by atoms with van der Waals surface area (Å²) in [6, 6.07) is 6.90. The van der Waals surface area contributed by atoms with E-state index < -0.39 is 16.1 Å². The molecule has 3 rings (SSSR count). The predicted octanol–water partition coefficient (Wildman–Crippen LogP) is 1.66. The third kappa shape index (κ3) is 3.79. The lowest BCUT2D eigenvalue weighted by Gasteiger charge is -2.27. The number of carbonyl (C=O) groups is 1. The molecule has 0 aromatic heterocycles. The summed E-state index contributed by atoms with van der Waals surface area (Å²) in [5, 5.41) is 2.81. The average Bonchev–Trinajstić information content (AvgIpc) is 3.15. The lowest BCUT2D eigenvalue weighted by molar-refractivity contribution is -0.130. The molecule has 0 unspecified atom stereocenters. The molecule has 1 N–H and O–H groups in total. The molecule has 2 fully saturated rings. The Balaban J connectivity index is 1.73.